The van der Waals surface area contributed by atoms with Gasteiger partial charge in [-0.3, -0.25) is 4.79 Å². The maximum absolute atomic E-state index is 12.1. The normalized spacial score (nSPS) is 10.1. The van der Waals surface area contributed by atoms with Crippen LogP contribution in [0.4, 0.5) is 0 Å². The van der Waals surface area contributed by atoms with E-state index >= 15 is 0 Å². The Morgan fingerprint density at radius 3 is 2.69 bits per heavy atom. The second-order valence-electron chi connectivity index (χ2n) is 4.09. The van der Waals surface area contributed by atoms with E-state index in [4.69, 9.17) is 5.26 Å². The first-order valence-corrected chi connectivity index (χ1v) is 5.68. The number of rotatable bonds is 4. The van der Waals surface area contributed by atoms with E-state index in [0.717, 1.165) is 30.6 Å². The first-order valence-electron chi connectivity index (χ1n) is 5.68. The minimum Gasteiger partial charge on any atom is -0.313 e. The number of nitriles is 1. The van der Waals surface area contributed by atoms with Crippen LogP contribution in [0.15, 0.2) is 10.9 Å². The van der Waals surface area contributed by atoms with Gasteiger partial charge in [0.2, 0.25) is 0 Å². The highest BCUT2D eigenvalue weighted by atomic mass is 16.1. The molecule has 0 unspecified atom stereocenters. The smallest absolute Gasteiger partial charge is 0.255 e. The van der Waals surface area contributed by atoms with Crippen LogP contribution in [0.25, 0.3) is 0 Å². The van der Waals surface area contributed by atoms with Crippen LogP contribution in [0.5, 0.6) is 0 Å². The van der Waals surface area contributed by atoms with Gasteiger partial charge in [0.05, 0.1) is 12.5 Å². The van der Waals surface area contributed by atoms with Crippen LogP contribution in [0.1, 0.15) is 36.6 Å². The van der Waals surface area contributed by atoms with Crippen molar-refractivity contribution in [2.75, 3.05) is 0 Å². The van der Waals surface area contributed by atoms with Gasteiger partial charge in [-0.2, -0.15) is 5.26 Å². The third-order valence-electron chi connectivity index (χ3n) is 2.82. The van der Waals surface area contributed by atoms with Crippen molar-refractivity contribution in [1.29, 1.82) is 5.26 Å². The van der Waals surface area contributed by atoms with Gasteiger partial charge >= 0.3 is 0 Å². The van der Waals surface area contributed by atoms with Crippen molar-refractivity contribution in [2.45, 2.75) is 46.6 Å². The molecule has 3 heteroatoms. The summed E-state index contributed by atoms with van der Waals surface area (Å²) in [6, 6.07) is 4.04. The molecule has 0 fully saturated rings. The Kier molecular flexibility index (Phi) is 4.30. The van der Waals surface area contributed by atoms with Gasteiger partial charge in [-0.05, 0) is 31.9 Å². The fraction of sp³-hybridized carbons (Fsp3) is 0.538. The third-order valence-corrected chi connectivity index (χ3v) is 2.82. The molecule has 0 saturated carbocycles. The lowest BCUT2D eigenvalue weighted by Crippen LogP contribution is -2.26. The molecule has 86 valence electrons. The molecule has 3 nitrogen and oxygen atoms in total. The number of pyridine rings is 1. The van der Waals surface area contributed by atoms with Crippen LogP contribution in [-0.4, -0.2) is 4.57 Å². The second kappa shape index (κ2) is 5.50. The average molecular weight is 218 g/mol. The lowest BCUT2D eigenvalue weighted by atomic mass is 10.1. The standard InChI is InChI=1S/C13H18N2O/c1-4-5-8-15-11(3)9-10(2)12(6-7-14)13(15)16/h9H,4-6,8H2,1-3H3. The summed E-state index contributed by atoms with van der Waals surface area (Å²) in [4.78, 5) is 12.1. The summed E-state index contributed by atoms with van der Waals surface area (Å²) in [6.45, 7) is 6.69. The zero-order valence-electron chi connectivity index (χ0n) is 10.2. The molecule has 1 aromatic heterocycles. The van der Waals surface area contributed by atoms with Crippen LogP contribution in [0, 0.1) is 25.2 Å². The highest BCUT2D eigenvalue weighted by molar-refractivity contribution is 5.28. The molecule has 0 aliphatic heterocycles. The number of aromatic nitrogens is 1. The minimum absolute atomic E-state index is 0.00694. The summed E-state index contributed by atoms with van der Waals surface area (Å²) in [6.07, 6.45) is 2.26. The van der Waals surface area contributed by atoms with E-state index in [2.05, 4.69) is 13.0 Å². The summed E-state index contributed by atoms with van der Waals surface area (Å²) >= 11 is 0. The zero-order chi connectivity index (χ0) is 12.1. The summed E-state index contributed by atoms with van der Waals surface area (Å²) in [7, 11) is 0. The fourth-order valence-corrected chi connectivity index (χ4v) is 1.86. The van der Waals surface area contributed by atoms with Crippen molar-refractivity contribution >= 4 is 0 Å². The summed E-state index contributed by atoms with van der Waals surface area (Å²) in [5.41, 5.74) is 2.56. The Hall–Kier alpha value is -1.56. The molecular formula is C13H18N2O. The second-order valence-corrected chi connectivity index (χ2v) is 4.09. The molecule has 0 spiro atoms. The maximum Gasteiger partial charge on any atom is 0.255 e. The summed E-state index contributed by atoms with van der Waals surface area (Å²) in [5, 5.41) is 8.71. The topological polar surface area (TPSA) is 45.8 Å². The van der Waals surface area contributed by atoms with E-state index in [-0.39, 0.29) is 12.0 Å². The van der Waals surface area contributed by atoms with E-state index in [1.165, 1.54) is 0 Å². The molecular weight excluding hydrogens is 200 g/mol. The van der Waals surface area contributed by atoms with Crippen LogP contribution < -0.4 is 5.56 Å². The van der Waals surface area contributed by atoms with Crippen LogP contribution >= 0.6 is 0 Å². The predicted molar refractivity (Wildman–Crippen MR) is 64.4 cm³/mol. The Bertz CT molecular complexity index is 466. The number of nitrogens with zero attached hydrogens (tertiary/aromatic N) is 2. The predicted octanol–water partition coefficient (Wildman–Crippen LogP) is 2.33. The van der Waals surface area contributed by atoms with Crippen LogP contribution in [-0.2, 0) is 13.0 Å². The van der Waals surface area contributed by atoms with E-state index in [9.17, 15) is 4.79 Å². The third kappa shape index (κ3) is 2.52. The van der Waals surface area contributed by atoms with Gasteiger partial charge in [-0.25, -0.2) is 0 Å². The van der Waals surface area contributed by atoms with Crippen LogP contribution in [0.3, 0.4) is 0 Å². The molecule has 16 heavy (non-hydrogen) atoms. The largest absolute Gasteiger partial charge is 0.313 e. The van der Waals surface area contributed by atoms with Crippen molar-refractivity contribution in [3.05, 3.63) is 33.2 Å². The lowest BCUT2D eigenvalue weighted by Gasteiger charge is -2.12. The molecule has 0 aliphatic rings. The first kappa shape index (κ1) is 12.5. The van der Waals surface area contributed by atoms with Gasteiger partial charge in [0.1, 0.15) is 0 Å². The van der Waals surface area contributed by atoms with Crippen molar-refractivity contribution in [1.82, 2.24) is 4.57 Å². The van der Waals surface area contributed by atoms with E-state index in [1.54, 1.807) is 4.57 Å². The Morgan fingerprint density at radius 2 is 2.12 bits per heavy atom. The fourth-order valence-electron chi connectivity index (χ4n) is 1.86. The monoisotopic (exact) mass is 218 g/mol. The minimum atomic E-state index is 0.00694. The van der Waals surface area contributed by atoms with Crippen molar-refractivity contribution in [3.8, 4) is 6.07 Å². The summed E-state index contributed by atoms with van der Waals surface area (Å²) in [5.74, 6) is 0. The molecule has 1 rings (SSSR count). The zero-order valence-corrected chi connectivity index (χ0v) is 10.2. The maximum atomic E-state index is 12.1. The Balaban J connectivity index is 3.23. The lowest BCUT2D eigenvalue weighted by molar-refractivity contribution is 0.594. The summed E-state index contributed by atoms with van der Waals surface area (Å²) < 4.78 is 1.78. The van der Waals surface area contributed by atoms with E-state index in [0.29, 0.717) is 5.56 Å². The van der Waals surface area contributed by atoms with Crippen molar-refractivity contribution in [2.24, 2.45) is 0 Å². The van der Waals surface area contributed by atoms with Gasteiger partial charge in [0.25, 0.3) is 5.56 Å². The van der Waals surface area contributed by atoms with Gasteiger partial charge < -0.3 is 4.57 Å². The molecule has 1 heterocycles. The number of unbranched alkanes of at least 4 members (excludes halogenated alkanes) is 1. The Morgan fingerprint density at radius 1 is 1.44 bits per heavy atom. The highest BCUT2D eigenvalue weighted by Crippen LogP contribution is 2.07. The molecule has 0 aliphatic carbocycles. The number of hydrogen-bond donors (Lipinski definition) is 0. The van der Waals surface area contributed by atoms with Gasteiger partial charge in [-0.15, -0.1) is 0 Å². The molecule has 0 amide bonds. The average Bonchev–Trinajstić information content (AvgIpc) is 2.24. The number of aryl methyl sites for hydroxylation is 2. The highest BCUT2D eigenvalue weighted by Gasteiger charge is 2.09. The van der Waals surface area contributed by atoms with Crippen molar-refractivity contribution in [3.63, 3.8) is 0 Å². The number of hydrogen-bond acceptors (Lipinski definition) is 2. The molecule has 1 aromatic rings. The molecule has 0 N–H and O–H groups in total. The molecule has 0 bridgehead atoms. The SMILES string of the molecule is CCCCn1c(C)cc(C)c(CC#N)c1=O. The van der Waals surface area contributed by atoms with Gasteiger partial charge in [-0.1, -0.05) is 13.3 Å². The molecule has 0 atom stereocenters. The molecule has 0 aromatic carbocycles. The van der Waals surface area contributed by atoms with Gasteiger partial charge in [0.15, 0.2) is 0 Å². The molecule has 0 saturated heterocycles. The molecule has 0 radical (unpaired) electrons. The van der Waals surface area contributed by atoms with E-state index in [1.807, 2.05) is 19.9 Å². The Labute approximate surface area is 96.3 Å². The van der Waals surface area contributed by atoms with Gasteiger partial charge in [0, 0.05) is 17.8 Å². The van der Waals surface area contributed by atoms with E-state index < -0.39 is 0 Å². The first-order chi connectivity index (χ1) is 7.61. The quantitative estimate of drug-likeness (QED) is 0.778. The van der Waals surface area contributed by atoms with Crippen molar-refractivity contribution < 1.29 is 0 Å². The van der Waals surface area contributed by atoms with Crippen LogP contribution in [0.2, 0.25) is 0 Å².